The molecule has 0 saturated heterocycles. The average Bonchev–Trinajstić information content (AvgIpc) is 2.92. The second-order valence-electron chi connectivity index (χ2n) is 5.46. The molecule has 116 valence electrons. The molecular weight excluding hydrogens is 292 g/mol. The Kier molecular flexibility index (Phi) is 3.65. The number of rotatable bonds is 3. The normalized spacial score (nSPS) is 10.7. The van der Waals surface area contributed by atoms with Gasteiger partial charge < -0.3 is 5.11 Å². The van der Waals surface area contributed by atoms with E-state index in [0.717, 1.165) is 22.4 Å². The van der Waals surface area contributed by atoms with Crippen LogP contribution in [0.3, 0.4) is 0 Å². The maximum Gasteiger partial charge on any atom is 0.339 e. The number of carbonyl (C=O) groups is 1. The minimum absolute atomic E-state index is 0.158. The fourth-order valence-electron chi connectivity index (χ4n) is 2.44. The Bertz CT molecular complexity index is 882. The largest absolute Gasteiger partial charge is 0.478 e. The molecule has 0 bridgehead atoms. The van der Waals surface area contributed by atoms with E-state index in [1.54, 1.807) is 13.0 Å². The summed E-state index contributed by atoms with van der Waals surface area (Å²) in [4.78, 5) is 11.1. The molecule has 0 fully saturated rings. The van der Waals surface area contributed by atoms with E-state index in [9.17, 15) is 4.79 Å². The first-order valence-electron chi connectivity index (χ1n) is 7.17. The summed E-state index contributed by atoms with van der Waals surface area (Å²) >= 11 is 0. The van der Waals surface area contributed by atoms with Crippen molar-refractivity contribution in [2.45, 2.75) is 20.8 Å². The first-order valence-corrected chi connectivity index (χ1v) is 7.17. The lowest BCUT2D eigenvalue weighted by atomic mass is 10.0. The zero-order valence-corrected chi connectivity index (χ0v) is 13.1. The standard InChI is InChI=1S/C17H16N4O2/c1-10-4-5-11(2)13(8-10)15-6-7-16(20-19-15)21-12(3)14(9-18-21)17(22)23/h4-9H,1-3H3,(H,22,23). The predicted octanol–water partition coefficient (Wildman–Crippen LogP) is 2.95. The summed E-state index contributed by atoms with van der Waals surface area (Å²) < 4.78 is 1.48. The lowest BCUT2D eigenvalue weighted by Crippen LogP contribution is -2.05. The molecule has 2 heterocycles. The predicted molar refractivity (Wildman–Crippen MR) is 85.8 cm³/mol. The molecule has 0 aliphatic heterocycles. The van der Waals surface area contributed by atoms with Crippen molar-refractivity contribution in [2.75, 3.05) is 0 Å². The number of carboxylic acids is 1. The number of aryl methyl sites for hydroxylation is 2. The van der Waals surface area contributed by atoms with Crippen LogP contribution in [0.5, 0.6) is 0 Å². The molecular formula is C17H16N4O2. The zero-order valence-electron chi connectivity index (χ0n) is 13.1. The van der Waals surface area contributed by atoms with Crippen molar-refractivity contribution < 1.29 is 9.90 Å². The van der Waals surface area contributed by atoms with Crippen LogP contribution in [0.25, 0.3) is 17.1 Å². The van der Waals surface area contributed by atoms with Crippen molar-refractivity contribution in [3.8, 4) is 17.1 Å². The van der Waals surface area contributed by atoms with E-state index >= 15 is 0 Å². The molecule has 0 atom stereocenters. The van der Waals surface area contributed by atoms with Crippen molar-refractivity contribution in [2.24, 2.45) is 0 Å². The molecule has 0 amide bonds. The number of hydrogen-bond acceptors (Lipinski definition) is 4. The molecule has 1 N–H and O–H groups in total. The van der Waals surface area contributed by atoms with Gasteiger partial charge in [0.05, 0.1) is 17.6 Å². The molecule has 0 aliphatic carbocycles. The van der Waals surface area contributed by atoms with Crippen LogP contribution in [-0.4, -0.2) is 31.1 Å². The fraction of sp³-hybridized carbons (Fsp3) is 0.176. The van der Waals surface area contributed by atoms with Gasteiger partial charge in [0.2, 0.25) is 0 Å². The second-order valence-corrected chi connectivity index (χ2v) is 5.46. The maximum absolute atomic E-state index is 11.1. The quantitative estimate of drug-likeness (QED) is 0.804. The summed E-state index contributed by atoms with van der Waals surface area (Å²) in [6, 6.07) is 9.83. The van der Waals surface area contributed by atoms with E-state index in [-0.39, 0.29) is 5.56 Å². The summed E-state index contributed by atoms with van der Waals surface area (Å²) in [5.41, 5.74) is 4.77. The Balaban J connectivity index is 2.00. The number of aromatic carboxylic acids is 1. The third-order valence-corrected chi connectivity index (χ3v) is 3.78. The van der Waals surface area contributed by atoms with Crippen LogP contribution in [0.4, 0.5) is 0 Å². The Hall–Kier alpha value is -3.02. The summed E-state index contributed by atoms with van der Waals surface area (Å²) in [7, 11) is 0. The topological polar surface area (TPSA) is 80.9 Å². The van der Waals surface area contributed by atoms with Gasteiger partial charge in [-0.05, 0) is 44.5 Å². The van der Waals surface area contributed by atoms with Gasteiger partial charge in [0.1, 0.15) is 5.56 Å². The van der Waals surface area contributed by atoms with Crippen molar-refractivity contribution in [3.63, 3.8) is 0 Å². The third kappa shape index (κ3) is 2.70. The van der Waals surface area contributed by atoms with Gasteiger partial charge in [-0.2, -0.15) is 5.10 Å². The number of benzene rings is 1. The summed E-state index contributed by atoms with van der Waals surface area (Å²) in [5, 5.41) is 21.6. The summed E-state index contributed by atoms with van der Waals surface area (Å²) in [5.74, 6) is -0.516. The summed E-state index contributed by atoms with van der Waals surface area (Å²) in [6.45, 7) is 5.75. The minimum atomic E-state index is -1.01. The van der Waals surface area contributed by atoms with Gasteiger partial charge in [0, 0.05) is 5.56 Å². The molecule has 23 heavy (non-hydrogen) atoms. The van der Waals surface area contributed by atoms with Crippen LogP contribution >= 0.6 is 0 Å². The smallest absolute Gasteiger partial charge is 0.339 e. The molecule has 0 radical (unpaired) electrons. The highest BCUT2D eigenvalue weighted by Crippen LogP contribution is 2.23. The van der Waals surface area contributed by atoms with Gasteiger partial charge in [0.25, 0.3) is 0 Å². The molecule has 0 aliphatic rings. The highest BCUT2D eigenvalue weighted by Gasteiger charge is 2.15. The van der Waals surface area contributed by atoms with Crippen LogP contribution in [-0.2, 0) is 0 Å². The Morgan fingerprint density at radius 2 is 1.87 bits per heavy atom. The van der Waals surface area contributed by atoms with Gasteiger partial charge in [0.15, 0.2) is 5.82 Å². The second kappa shape index (κ2) is 5.64. The molecule has 1 aromatic carbocycles. The molecule has 0 saturated carbocycles. The first-order chi connectivity index (χ1) is 11.0. The van der Waals surface area contributed by atoms with Gasteiger partial charge in [-0.15, -0.1) is 10.2 Å². The number of nitrogens with zero attached hydrogens (tertiary/aromatic N) is 4. The van der Waals surface area contributed by atoms with Crippen molar-refractivity contribution in [1.29, 1.82) is 0 Å². The van der Waals surface area contributed by atoms with Crippen molar-refractivity contribution in [3.05, 3.63) is 58.9 Å². The van der Waals surface area contributed by atoms with E-state index < -0.39 is 5.97 Å². The molecule has 0 spiro atoms. The van der Waals surface area contributed by atoms with Crippen LogP contribution in [0.2, 0.25) is 0 Å². The van der Waals surface area contributed by atoms with Crippen LogP contribution in [0.15, 0.2) is 36.5 Å². The summed E-state index contributed by atoms with van der Waals surface area (Å²) in [6.07, 6.45) is 1.32. The fourth-order valence-corrected chi connectivity index (χ4v) is 2.44. The molecule has 2 aromatic heterocycles. The Morgan fingerprint density at radius 1 is 1.09 bits per heavy atom. The average molecular weight is 308 g/mol. The van der Waals surface area contributed by atoms with Crippen molar-refractivity contribution in [1.82, 2.24) is 20.0 Å². The van der Waals surface area contributed by atoms with E-state index in [4.69, 9.17) is 5.11 Å². The highest BCUT2D eigenvalue weighted by atomic mass is 16.4. The van der Waals surface area contributed by atoms with Crippen LogP contribution in [0.1, 0.15) is 27.2 Å². The van der Waals surface area contributed by atoms with Gasteiger partial charge in [-0.1, -0.05) is 17.7 Å². The monoisotopic (exact) mass is 308 g/mol. The molecule has 6 heteroatoms. The van der Waals surface area contributed by atoms with E-state index in [0.29, 0.717) is 11.5 Å². The van der Waals surface area contributed by atoms with Crippen LogP contribution in [0, 0.1) is 20.8 Å². The molecule has 6 nitrogen and oxygen atoms in total. The molecule has 3 rings (SSSR count). The number of aromatic nitrogens is 4. The number of carboxylic acid groups (broad SMARTS) is 1. The Morgan fingerprint density at radius 3 is 2.48 bits per heavy atom. The van der Waals surface area contributed by atoms with Gasteiger partial charge >= 0.3 is 5.97 Å². The lowest BCUT2D eigenvalue weighted by Gasteiger charge is -2.07. The highest BCUT2D eigenvalue weighted by molar-refractivity contribution is 5.88. The minimum Gasteiger partial charge on any atom is -0.478 e. The zero-order chi connectivity index (χ0) is 16.6. The van der Waals surface area contributed by atoms with E-state index in [1.165, 1.54) is 10.9 Å². The lowest BCUT2D eigenvalue weighted by molar-refractivity contribution is 0.0696. The van der Waals surface area contributed by atoms with Crippen molar-refractivity contribution >= 4 is 5.97 Å². The molecule has 3 aromatic rings. The van der Waals surface area contributed by atoms with E-state index in [1.807, 2.05) is 19.9 Å². The SMILES string of the molecule is Cc1ccc(C)c(-c2ccc(-n3ncc(C(=O)O)c3C)nn2)c1. The van der Waals surface area contributed by atoms with Gasteiger partial charge in [-0.25, -0.2) is 9.48 Å². The Labute approximate surface area is 133 Å². The molecule has 0 unspecified atom stereocenters. The number of hydrogen-bond donors (Lipinski definition) is 1. The van der Waals surface area contributed by atoms with Crippen LogP contribution < -0.4 is 0 Å². The maximum atomic E-state index is 11.1. The first kappa shape index (κ1) is 14.9. The third-order valence-electron chi connectivity index (χ3n) is 3.78. The van der Waals surface area contributed by atoms with E-state index in [2.05, 4.69) is 33.5 Å². The van der Waals surface area contributed by atoms with Gasteiger partial charge in [-0.3, -0.25) is 0 Å².